The Morgan fingerprint density at radius 3 is 2.53 bits per heavy atom. The summed E-state index contributed by atoms with van der Waals surface area (Å²) in [4.78, 5) is -0.164. The average molecular weight is 327 g/mol. The van der Waals surface area contributed by atoms with Gasteiger partial charge < -0.3 is 10.5 Å². The average Bonchev–Trinajstić information content (AvgIpc) is 2.22. The van der Waals surface area contributed by atoms with E-state index >= 15 is 0 Å². The Kier molecular flexibility index (Phi) is 5.88. The normalized spacial score (nSPS) is 12.1. The second-order valence-corrected chi connectivity index (χ2v) is 6.67. The molecule has 0 unspecified atom stereocenters. The maximum absolute atomic E-state index is 12.1. The minimum absolute atomic E-state index is 0.00905. The summed E-state index contributed by atoms with van der Waals surface area (Å²) in [6.07, 6.45) is 0.0358. The SMILES string of the molecule is CC(C)OCCNS(=O)(=O)c1c(N)cc(Cl)cc1Cl. The summed E-state index contributed by atoms with van der Waals surface area (Å²) in [5.41, 5.74) is 5.65. The quantitative estimate of drug-likeness (QED) is 0.620. The third kappa shape index (κ3) is 4.81. The molecule has 0 atom stereocenters. The van der Waals surface area contributed by atoms with E-state index in [0.717, 1.165) is 0 Å². The van der Waals surface area contributed by atoms with Gasteiger partial charge in [-0.25, -0.2) is 13.1 Å². The van der Waals surface area contributed by atoms with Crippen LogP contribution in [0.25, 0.3) is 0 Å². The van der Waals surface area contributed by atoms with Crippen molar-refractivity contribution in [2.75, 3.05) is 18.9 Å². The van der Waals surface area contributed by atoms with Gasteiger partial charge in [0.1, 0.15) is 4.90 Å². The van der Waals surface area contributed by atoms with E-state index in [1.807, 2.05) is 13.8 Å². The predicted molar refractivity (Wildman–Crippen MR) is 77.2 cm³/mol. The molecule has 0 aromatic heterocycles. The van der Waals surface area contributed by atoms with Gasteiger partial charge in [-0.05, 0) is 26.0 Å². The molecule has 0 radical (unpaired) electrons. The fourth-order valence-corrected chi connectivity index (χ4v) is 3.40. The first-order valence-corrected chi connectivity index (χ1v) is 7.83. The van der Waals surface area contributed by atoms with Crippen LogP contribution in [0.3, 0.4) is 0 Å². The Morgan fingerprint density at radius 1 is 1.37 bits per heavy atom. The Hall–Kier alpha value is -0.530. The van der Waals surface area contributed by atoms with Crippen molar-refractivity contribution in [1.82, 2.24) is 4.72 Å². The lowest BCUT2D eigenvalue weighted by Crippen LogP contribution is -2.29. The Balaban J connectivity index is 2.84. The van der Waals surface area contributed by atoms with Gasteiger partial charge in [0.25, 0.3) is 0 Å². The van der Waals surface area contributed by atoms with Crippen LogP contribution in [0.2, 0.25) is 10.0 Å². The number of rotatable bonds is 6. The topological polar surface area (TPSA) is 81.4 Å². The van der Waals surface area contributed by atoms with Crippen molar-refractivity contribution < 1.29 is 13.2 Å². The summed E-state index contributed by atoms with van der Waals surface area (Å²) in [6, 6.07) is 2.67. The molecule has 5 nitrogen and oxygen atoms in total. The zero-order valence-corrected chi connectivity index (χ0v) is 12.9. The van der Waals surface area contributed by atoms with Crippen LogP contribution in [0, 0.1) is 0 Å². The lowest BCUT2D eigenvalue weighted by Gasteiger charge is -2.12. The number of nitrogen functional groups attached to an aromatic ring is 1. The highest BCUT2D eigenvalue weighted by Crippen LogP contribution is 2.30. The number of hydrogen-bond donors (Lipinski definition) is 2. The van der Waals surface area contributed by atoms with E-state index in [4.69, 9.17) is 33.7 Å². The van der Waals surface area contributed by atoms with E-state index in [2.05, 4.69) is 4.72 Å². The molecule has 0 saturated carbocycles. The van der Waals surface area contributed by atoms with Gasteiger partial charge in [-0.15, -0.1) is 0 Å². The van der Waals surface area contributed by atoms with E-state index in [9.17, 15) is 8.42 Å². The summed E-state index contributed by atoms with van der Waals surface area (Å²) in [5.74, 6) is 0. The number of benzene rings is 1. The maximum atomic E-state index is 12.1. The van der Waals surface area contributed by atoms with Crippen LogP contribution in [0.1, 0.15) is 13.8 Å². The minimum atomic E-state index is -3.78. The lowest BCUT2D eigenvalue weighted by molar-refractivity contribution is 0.0834. The Bertz CT molecular complexity index is 524. The molecular formula is C11H16Cl2N2O3S. The van der Waals surface area contributed by atoms with Crippen LogP contribution in [0.15, 0.2) is 17.0 Å². The van der Waals surface area contributed by atoms with Crippen molar-refractivity contribution in [2.24, 2.45) is 0 Å². The molecule has 0 saturated heterocycles. The van der Waals surface area contributed by atoms with Crippen molar-refractivity contribution >= 4 is 38.9 Å². The Labute approximate surface area is 123 Å². The van der Waals surface area contributed by atoms with Gasteiger partial charge in [0.05, 0.1) is 23.4 Å². The Morgan fingerprint density at radius 2 is 2.00 bits per heavy atom. The molecule has 0 aliphatic heterocycles. The van der Waals surface area contributed by atoms with Gasteiger partial charge in [-0.3, -0.25) is 0 Å². The van der Waals surface area contributed by atoms with Crippen LogP contribution in [-0.2, 0) is 14.8 Å². The fraction of sp³-hybridized carbons (Fsp3) is 0.455. The maximum Gasteiger partial charge on any atom is 0.244 e. The number of ether oxygens (including phenoxy) is 1. The third-order valence-corrected chi connectivity index (χ3v) is 4.36. The van der Waals surface area contributed by atoms with E-state index in [1.54, 1.807) is 0 Å². The molecular weight excluding hydrogens is 311 g/mol. The molecule has 0 spiro atoms. The lowest BCUT2D eigenvalue weighted by atomic mass is 10.3. The van der Waals surface area contributed by atoms with Crippen molar-refractivity contribution in [3.05, 3.63) is 22.2 Å². The van der Waals surface area contributed by atoms with Crippen molar-refractivity contribution in [2.45, 2.75) is 24.8 Å². The largest absolute Gasteiger partial charge is 0.398 e. The molecule has 0 fully saturated rings. The molecule has 0 aliphatic carbocycles. The monoisotopic (exact) mass is 326 g/mol. The summed E-state index contributed by atoms with van der Waals surface area (Å²) in [7, 11) is -3.78. The van der Waals surface area contributed by atoms with Gasteiger partial charge in [0.15, 0.2) is 0 Å². The van der Waals surface area contributed by atoms with Crippen molar-refractivity contribution in [3.8, 4) is 0 Å². The molecule has 3 N–H and O–H groups in total. The smallest absolute Gasteiger partial charge is 0.244 e. The molecule has 19 heavy (non-hydrogen) atoms. The predicted octanol–water partition coefficient (Wildman–Crippen LogP) is 2.28. The number of sulfonamides is 1. The number of nitrogens with two attached hydrogens (primary N) is 1. The first-order chi connectivity index (χ1) is 8.74. The van der Waals surface area contributed by atoms with Gasteiger partial charge in [-0.2, -0.15) is 0 Å². The standard InChI is InChI=1S/C11H16Cl2N2O3S/c1-7(2)18-4-3-15-19(16,17)11-9(13)5-8(12)6-10(11)14/h5-7,15H,3-4,14H2,1-2H3. The van der Waals surface area contributed by atoms with Crippen molar-refractivity contribution in [1.29, 1.82) is 0 Å². The van der Waals surface area contributed by atoms with Gasteiger partial charge in [0.2, 0.25) is 10.0 Å². The molecule has 0 heterocycles. The highest BCUT2D eigenvalue weighted by Gasteiger charge is 2.21. The van der Waals surface area contributed by atoms with Gasteiger partial charge in [-0.1, -0.05) is 23.2 Å². The zero-order valence-electron chi connectivity index (χ0n) is 10.6. The molecule has 1 aromatic carbocycles. The van der Waals surface area contributed by atoms with Crippen LogP contribution in [0.4, 0.5) is 5.69 Å². The zero-order chi connectivity index (χ0) is 14.6. The number of hydrogen-bond acceptors (Lipinski definition) is 4. The fourth-order valence-electron chi connectivity index (χ4n) is 1.41. The molecule has 0 amide bonds. The molecule has 1 rings (SSSR count). The minimum Gasteiger partial charge on any atom is -0.398 e. The molecule has 0 bridgehead atoms. The summed E-state index contributed by atoms with van der Waals surface area (Å²) in [5, 5.41) is 0.270. The first kappa shape index (κ1) is 16.5. The summed E-state index contributed by atoms with van der Waals surface area (Å²) < 4.78 is 31.7. The molecule has 0 aliphatic rings. The van der Waals surface area contributed by atoms with Gasteiger partial charge in [0, 0.05) is 11.6 Å². The van der Waals surface area contributed by atoms with Crippen LogP contribution in [-0.4, -0.2) is 27.7 Å². The number of nitrogens with one attached hydrogen (secondary N) is 1. The van der Waals surface area contributed by atoms with Gasteiger partial charge >= 0.3 is 0 Å². The summed E-state index contributed by atoms with van der Waals surface area (Å²) >= 11 is 11.6. The molecule has 8 heteroatoms. The van der Waals surface area contributed by atoms with Crippen molar-refractivity contribution in [3.63, 3.8) is 0 Å². The molecule has 108 valence electrons. The van der Waals surface area contributed by atoms with Crippen LogP contribution >= 0.6 is 23.2 Å². The number of halogens is 2. The van der Waals surface area contributed by atoms with Crippen LogP contribution < -0.4 is 10.5 Å². The van der Waals surface area contributed by atoms with Crippen LogP contribution in [0.5, 0.6) is 0 Å². The molecule has 1 aromatic rings. The first-order valence-electron chi connectivity index (χ1n) is 5.60. The summed E-state index contributed by atoms with van der Waals surface area (Å²) in [6.45, 7) is 4.13. The highest BCUT2D eigenvalue weighted by molar-refractivity contribution is 7.89. The van der Waals surface area contributed by atoms with E-state index in [1.165, 1.54) is 12.1 Å². The third-order valence-electron chi connectivity index (χ3n) is 2.15. The highest BCUT2D eigenvalue weighted by atomic mass is 35.5. The van der Waals surface area contributed by atoms with E-state index < -0.39 is 10.0 Å². The van der Waals surface area contributed by atoms with E-state index in [0.29, 0.717) is 0 Å². The van der Waals surface area contributed by atoms with E-state index in [-0.39, 0.29) is 39.9 Å². The number of anilines is 1. The second kappa shape index (κ2) is 6.76. The second-order valence-electron chi connectivity index (χ2n) is 4.12.